The first-order chi connectivity index (χ1) is 9.46. The third kappa shape index (κ3) is 4.53. The first-order valence-electron chi connectivity index (χ1n) is 8.12. The minimum absolute atomic E-state index is 0.173. The van der Waals surface area contributed by atoms with Gasteiger partial charge in [-0.25, -0.2) is 4.79 Å². The Labute approximate surface area is 123 Å². The maximum Gasteiger partial charge on any atom is 0.410 e. The van der Waals surface area contributed by atoms with Gasteiger partial charge >= 0.3 is 6.09 Å². The average molecular weight is 279 g/mol. The highest BCUT2D eigenvalue weighted by molar-refractivity contribution is 5.68. The zero-order chi connectivity index (χ0) is 14.6. The summed E-state index contributed by atoms with van der Waals surface area (Å²) in [5, 5.41) is 0. The molecule has 1 amide bonds. The van der Waals surface area contributed by atoms with Gasteiger partial charge in [0.05, 0.1) is 0 Å². The molecular formula is C17H29NO2. The van der Waals surface area contributed by atoms with Crippen LogP contribution in [0.3, 0.4) is 0 Å². The molecule has 0 atom stereocenters. The smallest absolute Gasteiger partial charge is 0.410 e. The van der Waals surface area contributed by atoms with E-state index >= 15 is 0 Å². The van der Waals surface area contributed by atoms with E-state index in [1.807, 2.05) is 25.7 Å². The monoisotopic (exact) mass is 279 g/mol. The Hall–Kier alpha value is -0.990. The highest BCUT2D eigenvalue weighted by atomic mass is 16.6. The molecule has 0 aromatic rings. The fourth-order valence-electron chi connectivity index (χ4n) is 3.20. The molecule has 1 heterocycles. The molecule has 0 unspecified atom stereocenters. The summed E-state index contributed by atoms with van der Waals surface area (Å²) >= 11 is 0. The van der Waals surface area contributed by atoms with Crippen LogP contribution in [-0.2, 0) is 4.74 Å². The highest BCUT2D eigenvalue weighted by Crippen LogP contribution is 2.32. The third-order valence-corrected chi connectivity index (χ3v) is 4.28. The van der Waals surface area contributed by atoms with Crippen LogP contribution in [0.2, 0.25) is 0 Å². The standard InChI is InChI=1S/C17H29NO2/c1-17(2,3)20-16(19)18-12-10-15(11-13-18)14-8-6-4-5-7-9-14/h10,14H,4-9,11-13H2,1-3H3. The first-order valence-corrected chi connectivity index (χ1v) is 8.12. The van der Waals surface area contributed by atoms with Crippen molar-refractivity contribution in [1.29, 1.82) is 0 Å². The second-order valence-corrected chi connectivity index (χ2v) is 7.14. The molecule has 0 aromatic heterocycles. The Morgan fingerprint density at radius 3 is 2.35 bits per heavy atom. The van der Waals surface area contributed by atoms with E-state index in [2.05, 4.69) is 6.08 Å². The Bertz CT molecular complexity index is 360. The van der Waals surface area contributed by atoms with Crippen LogP contribution < -0.4 is 0 Å². The highest BCUT2D eigenvalue weighted by Gasteiger charge is 2.25. The molecule has 20 heavy (non-hydrogen) atoms. The maximum atomic E-state index is 12.0. The number of carbonyl (C=O) groups is 1. The SMILES string of the molecule is CC(C)(C)OC(=O)N1CC=C(C2CCCCCC2)CC1. The van der Waals surface area contributed by atoms with Gasteiger partial charge in [0.1, 0.15) is 5.60 Å². The van der Waals surface area contributed by atoms with Crippen molar-refractivity contribution in [2.45, 2.75) is 71.3 Å². The van der Waals surface area contributed by atoms with Gasteiger partial charge in [-0.2, -0.15) is 0 Å². The lowest BCUT2D eigenvalue weighted by Gasteiger charge is -2.31. The van der Waals surface area contributed by atoms with E-state index in [0.717, 1.165) is 25.4 Å². The molecule has 0 aromatic carbocycles. The number of ether oxygens (including phenoxy) is 1. The molecule has 1 aliphatic heterocycles. The topological polar surface area (TPSA) is 29.5 Å². The van der Waals surface area contributed by atoms with Gasteiger partial charge in [0.15, 0.2) is 0 Å². The van der Waals surface area contributed by atoms with Gasteiger partial charge in [0, 0.05) is 13.1 Å². The van der Waals surface area contributed by atoms with Gasteiger partial charge in [-0.1, -0.05) is 37.3 Å². The van der Waals surface area contributed by atoms with Crippen LogP contribution in [0, 0.1) is 5.92 Å². The molecule has 0 bridgehead atoms. The molecule has 1 aliphatic carbocycles. The molecule has 0 saturated heterocycles. The van der Waals surface area contributed by atoms with Crippen molar-refractivity contribution in [3.8, 4) is 0 Å². The maximum absolute atomic E-state index is 12.0. The van der Waals surface area contributed by atoms with Crippen LogP contribution in [0.15, 0.2) is 11.6 Å². The fraction of sp³-hybridized carbons (Fsp3) is 0.824. The lowest BCUT2D eigenvalue weighted by atomic mass is 9.88. The molecule has 2 aliphatic rings. The number of amides is 1. The summed E-state index contributed by atoms with van der Waals surface area (Å²) in [6, 6.07) is 0. The number of rotatable bonds is 1. The largest absolute Gasteiger partial charge is 0.444 e. The number of hydrogen-bond donors (Lipinski definition) is 0. The van der Waals surface area contributed by atoms with E-state index in [9.17, 15) is 4.79 Å². The predicted molar refractivity (Wildman–Crippen MR) is 81.7 cm³/mol. The molecule has 2 rings (SSSR count). The van der Waals surface area contributed by atoms with Crippen molar-refractivity contribution >= 4 is 6.09 Å². The van der Waals surface area contributed by atoms with Crippen molar-refractivity contribution in [1.82, 2.24) is 4.90 Å². The zero-order valence-corrected chi connectivity index (χ0v) is 13.3. The summed E-state index contributed by atoms with van der Waals surface area (Å²) in [5.74, 6) is 0.776. The molecular weight excluding hydrogens is 250 g/mol. The number of carbonyl (C=O) groups excluding carboxylic acids is 1. The Balaban J connectivity index is 1.87. The molecule has 1 saturated carbocycles. The lowest BCUT2D eigenvalue weighted by Crippen LogP contribution is -2.39. The third-order valence-electron chi connectivity index (χ3n) is 4.28. The van der Waals surface area contributed by atoms with E-state index in [0.29, 0.717) is 0 Å². The zero-order valence-electron chi connectivity index (χ0n) is 13.3. The van der Waals surface area contributed by atoms with E-state index in [4.69, 9.17) is 4.74 Å². The van der Waals surface area contributed by atoms with Crippen LogP contribution in [0.4, 0.5) is 4.79 Å². The minimum Gasteiger partial charge on any atom is -0.444 e. The summed E-state index contributed by atoms with van der Waals surface area (Å²) < 4.78 is 5.44. The molecule has 114 valence electrons. The number of nitrogens with zero attached hydrogens (tertiary/aromatic N) is 1. The normalized spacial score (nSPS) is 22.1. The summed E-state index contributed by atoms with van der Waals surface area (Å²) in [5.41, 5.74) is 1.19. The van der Waals surface area contributed by atoms with E-state index in [1.54, 1.807) is 5.57 Å². The van der Waals surface area contributed by atoms with Crippen molar-refractivity contribution in [2.24, 2.45) is 5.92 Å². The molecule has 0 spiro atoms. The van der Waals surface area contributed by atoms with Gasteiger partial charge < -0.3 is 9.64 Å². The molecule has 3 heteroatoms. The van der Waals surface area contributed by atoms with E-state index in [-0.39, 0.29) is 6.09 Å². The average Bonchev–Trinajstić information content (AvgIpc) is 2.66. The summed E-state index contributed by atoms with van der Waals surface area (Å²) in [6.07, 6.45) is 11.4. The van der Waals surface area contributed by atoms with Crippen molar-refractivity contribution in [3.63, 3.8) is 0 Å². The number of hydrogen-bond acceptors (Lipinski definition) is 2. The second-order valence-electron chi connectivity index (χ2n) is 7.14. The second kappa shape index (κ2) is 6.64. The van der Waals surface area contributed by atoms with Gasteiger partial charge in [-0.05, 0) is 46.0 Å². The van der Waals surface area contributed by atoms with E-state index in [1.165, 1.54) is 38.5 Å². The van der Waals surface area contributed by atoms with Gasteiger partial charge in [0.25, 0.3) is 0 Å². The van der Waals surface area contributed by atoms with Crippen molar-refractivity contribution < 1.29 is 9.53 Å². The van der Waals surface area contributed by atoms with Crippen LogP contribution in [0.1, 0.15) is 65.7 Å². The van der Waals surface area contributed by atoms with Gasteiger partial charge in [-0.3, -0.25) is 0 Å². The first kappa shape index (κ1) is 15.4. The quantitative estimate of drug-likeness (QED) is 0.521. The van der Waals surface area contributed by atoms with Crippen LogP contribution in [-0.4, -0.2) is 29.7 Å². The van der Waals surface area contributed by atoms with Crippen LogP contribution in [0.5, 0.6) is 0 Å². The van der Waals surface area contributed by atoms with Gasteiger partial charge in [-0.15, -0.1) is 0 Å². The van der Waals surface area contributed by atoms with E-state index < -0.39 is 5.60 Å². The Morgan fingerprint density at radius 2 is 1.85 bits per heavy atom. The Morgan fingerprint density at radius 1 is 1.20 bits per heavy atom. The lowest BCUT2D eigenvalue weighted by molar-refractivity contribution is 0.0263. The van der Waals surface area contributed by atoms with Crippen molar-refractivity contribution in [3.05, 3.63) is 11.6 Å². The predicted octanol–water partition coefficient (Wildman–Crippen LogP) is 4.52. The van der Waals surface area contributed by atoms with Gasteiger partial charge in [0.2, 0.25) is 0 Å². The minimum atomic E-state index is -0.400. The van der Waals surface area contributed by atoms with Crippen LogP contribution >= 0.6 is 0 Å². The van der Waals surface area contributed by atoms with Crippen molar-refractivity contribution in [2.75, 3.05) is 13.1 Å². The fourth-order valence-corrected chi connectivity index (χ4v) is 3.20. The Kier molecular flexibility index (Phi) is 5.11. The summed E-state index contributed by atoms with van der Waals surface area (Å²) in [4.78, 5) is 13.9. The molecule has 3 nitrogen and oxygen atoms in total. The molecule has 0 N–H and O–H groups in total. The summed E-state index contributed by atoms with van der Waals surface area (Å²) in [7, 11) is 0. The molecule has 0 radical (unpaired) electrons. The molecule has 1 fully saturated rings. The summed E-state index contributed by atoms with van der Waals surface area (Å²) in [6.45, 7) is 7.29. The van der Waals surface area contributed by atoms with Crippen LogP contribution in [0.25, 0.3) is 0 Å².